The van der Waals surface area contributed by atoms with Crippen molar-refractivity contribution in [2.75, 3.05) is 0 Å². The molecular formula is C109H68FN13O2. The van der Waals surface area contributed by atoms with E-state index in [-0.39, 0.29) is 11.4 Å². The van der Waals surface area contributed by atoms with Gasteiger partial charge in [0.15, 0.2) is 69.9 Å². The molecule has 125 heavy (non-hydrogen) atoms. The zero-order chi connectivity index (χ0) is 83.1. The first-order chi connectivity index (χ1) is 61.9. The van der Waals surface area contributed by atoms with Gasteiger partial charge in [0, 0.05) is 93.5 Å². The van der Waals surface area contributed by atoms with Gasteiger partial charge in [0.25, 0.3) is 0 Å². The molecule has 7 heterocycles. The first-order valence-electron chi connectivity index (χ1n) is 41.1. The first-order valence-corrected chi connectivity index (χ1v) is 41.1. The number of fused-ring (bicyclic) bond motifs is 14. The highest BCUT2D eigenvalue weighted by Crippen LogP contribution is 2.47. The minimum Gasteiger partial charge on any atom is -0.456 e. The van der Waals surface area contributed by atoms with Crippen LogP contribution in [0.4, 0.5) is 4.39 Å². The topological polar surface area (TPSA) is 186 Å². The highest BCUT2D eigenvalue weighted by Gasteiger charge is 2.28. The van der Waals surface area contributed by atoms with Crippen LogP contribution in [0, 0.1) is 5.82 Å². The molecule has 0 bridgehead atoms. The van der Waals surface area contributed by atoms with Crippen molar-refractivity contribution in [3.63, 3.8) is 0 Å². The quantitative estimate of drug-likeness (QED) is 0.106. The lowest BCUT2D eigenvalue weighted by atomic mass is 9.99. The maximum atomic E-state index is 15.6. The fourth-order valence-electron chi connectivity index (χ4n) is 16.6. The lowest BCUT2D eigenvalue weighted by Crippen LogP contribution is -2.05. The predicted octanol–water partition coefficient (Wildman–Crippen LogP) is 26.4. The third-order valence-electron chi connectivity index (χ3n) is 22.5. The number of para-hydroxylation sites is 3. The molecule has 16 heteroatoms. The summed E-state index contributed by atoms with van der Waals surface area (Å²) in [4.78, 5) is 59.3. The van der Waals surface area contributed by atoms with E-state index in [4.69, 9.17) is 68.6 Å². The standard InChI is InChI=1S/C54H33N7O.C36H23FN6.C19H12O/c1-5-17-34(18-6-1)49-55-50(35-19-7-2-8-20-35)58-53(57-49)38-29-30-43(41(33-38)54-59-51(36-21-9-3-10-22-36)56-52(60-54)37-23-11-4-12-24-37)61-42-27-15-13-25-39(42)47-44(61)31-32-46-48(47)40-26-14-16-28-45(40)62-46;37-30-22-21-28(35-40-31(24-13-5-1-6-14-24)38-32(41-35)25-15-7-2-8-16-25)23-29(30)36-42-33(26-17-9-3-10-18-26)39-34(43-36)27-19-11-4-12-20-27;1-2-6-14-12(5-1)11-13-9-10-17-19(18(13)14)15-7-3-4-8-16(15)20-17/h1-33H;1-23H;1-10H,11H2. The third-order valence-corrected chi connectivity index (χ3v) is 22.5. The van der Waals surface area contributed by atoms with Crippen molar-refractivity contribution in [3.05, 3.63) is 417 Å². The van der Waals surface area contributed by atoms with Gasteiger partial charge in [-0.1, -0.05) is 328 Å². The van der Waals surface area contributed by atoms with Crippen LogP contribution in [0.5, 0.6) is 0 Å². The molecule has 15 nitrogen and oxygen atoms in total. The van der Waals surface area contributed by atoms with Crippen LogP contribution in [0.1, 0.15) is 11.1 Å². The molecule has 0 radical (unpaired) electrons. The number of aromatic nitrogens is 13. The number of hydrogen-bond acceptors (Lipinski definition) is 14. The summed E-state index contributed by atoms with van der Waals surface area (Å²) in [5.74, 6) is 5.44. The lowest BCUT2D eigenvalue weighted by Gasteiger charge is -2.16. The lowest BCUT2D eigenvalue weighted by molar-refractivity contribution is 0.630. The Kier molecular flexibility index (Phi) is 19.1. The van der Waals surface area contributed by atoms with Gasteiger partial charge >= 0.3 is 0 Å². The van der Waals surface area contributed by atoms with Gasteiger partial charge in [0.2, 0.25) is 0 Å². The van der Waals surface area contributed by atoms with Crippen molar-refractivity contribution in [1.29, 1.82) is 0 Å². The molecule has 0 atom stereocenters. The molecule has 0 saturated carbocycles. The number of halogens is 1. The van der Waals surface area contributed by atoms with Gasteiger partial charge in [-0.3, -0.25) is 0 Å². The number of benzene rings is 16. The molecular weight excluding hydrogens is 1540 g/mol. The van der Waals surface area contributed by atoms with Crippen molar-refractivity contribution < 1.29 is 13.2 Å². The molecule has 0 saturated heterocycles. The largest absolute Gasteiger partial charge is 0.456 e. The molecule has 0 N–H and O–H groups in total. The Bertz CT molecular complexity index is 7770. The SMILES string of the molecule is Fc1ccc(-c2nc(-c3ccccc3)nc(-c3ccccc3)n2)cc1-c1nc(-c2ccccc2)nc(-c2ccccc2)n1.c1ccc(-c2nc(-c3ccccc3)nc(-c3ccc(-n4c5ccccc5c5c6c(ccc54)oc4ccccc46)c(-c4nc(-c5ccccc5)nc(-c5ccccc5)n4)c3)n2)cc1.c1ccc2c(c1)Cc1ccc3oc4ccccc4c3c1-2. The van der Waals surface area contributed by atoms with Gasteiger partial charge in [-0.2, -0.15) is 0 Å². The van der Waals surface area contributed by atoms with Crippen LogP contribution in [0.3, 0.4) is 0 Å². The zero-order valence-corrected chi connectivity index (χ0v) is 66.8. The Hall–Kier alpha value is -17.1. The molecule has 1 aliphatic carbocycles. The van der Waals surface area contributed by atoms with E-state index in [0.29, 0.717) is 69.6 Å². The zero-order valence-electron chi connectivity index (χ0n) is 66.8. The van der Waals surface area contributed by atoms with E-state index in [9.17, 15) is 0 Å². The van der Waals surface area contributed by atoms with Crippen molar-refractivity contribution in [3.8, 4) is 153 Å². The Balaban J connectivity index is 0.000000126. The third kappa shape index (κ3) is 14.3. The molecule has 588 valence electrons. The van der Waals surface area contributed by atoms with Gasteiger partial charge in [-0.15, -0.1) is 0 Å². The number of nitrogens with zero attached hydrogens (tertiary/aromatic N) is 13. The summed E-state index contributed by atoms with van der Waals surface area (Å²) in [6.07, 6.45) is 1.03. The van der Waals surface area contributed by atoms with Crippen molar-refractivity contribution in [1.82, 2.24) is 64.4 Å². The fourth-order valence-corrected chi connectivity index (χ4v) is 16.6. The number of rotatable bonds is 13. The normalized spacial score (nSPS) is 11.5. The van der Waals surface area contributed by atoms with Crippen LogP contribution in [-0.4, -0.2) is 64.4 Å². The van der Waals surface area contributed by atoms with Crippen molar-refractivity contribution in [2.45, 2.75) is 6.42 Å². The second kappa shape index (κ2) is 32.2. The van der Waals surface area contributed by atoms with Gasteiger partial charge in [-0.05, 0) is 101 Å². The molecule has 7 aromatic heterocycles. The van der Waals surface area contributed by atoms with E-state index in [1.165, 1.54) is 39.1 Å². The smallest absolute Gasteiger partial charge is 0.167 e. The monoisotopic (exact) mass is 1610 g/mol. The van der Waals surface area contributed by atoms with E-state index < -0.39 is 5.82 Å². The molecule has 0 aliphatic heterocycles. The molecule has 1 aliphatic rings. The van der Waals surface area contributed by atoms with Gasteiger partial charge in [0.05, 0.1) is 22.3 Å². The number of furan rings is 2. The van der Waals surface area contributed by atoms with Crippen LogP contribution < -0.4 is 0 Å². The fraction of sp³-hybridized carbons (Fsp3) is 0.00917. The number of hydrogen-bond donors (Lipinski definition) is 0. The summed E-state index contributed by atoms with van der Waals surface area (Å²) >= 11 is 0. The van der Waals surface area contributed by atoms with Gasteiger partial charge < -0.3 is 13.4 Å². The summed E-state index contributed by atoms with van der Waals surface area (Å²) in [6.45, 7) is 0. The Morgan fingerprint density at radius 1 is 0.208 bits per heavy atom. The summed E-state index contributed by atoms with van der Waals surface area (Å²) in [7, 11) is 0. The minimum absolute atomic E-state index is 0.215. The average Bonchev–Trinajstić information content (AvgIpc) is 1.56. The second-order valence-corrected chi connectivity index (χ2v) is 30.3. The highest BCUT2D eigenvalue weighted by atomic mass is 19.1. The van der Waals surface area contributed by atoms with Crippen LogP contribution in [0.2, 0.25) is 0 Å². The summed E-state index contributed by atoms with van der Waals surface area (Å²) < 4.78 is 30.3. The summed E-state index contributed by atoms with van der Waals surface area (Å²) in [5, 5.41) is 6.86. The second-order valence-electron chi connectivity index (χ2n) is 30.3. The first kappa shape index (κ1) is 74.2. The van der Waals surface area contributed by atoms with Gasteiger partial charge in [-0.25, -0.2) is 64.2 Å². The average molecular weight is 1610 g/mol. The van der Waals surface area contributed by atoms with E-state index in [2.05, 4.69) is 120 Å². The predicted molar refractivity (Wildman–Crippen MR) is 495 cm³/mol. The summed E-state index contributed by atoms with van der Waals surface area (Å²) in [6, 6.07) is 132. The van der Waals surface area contributed by atoms with Crippen LogP contribution >= 0.6 is 0 Å². The molecule has 0 spiro atoms. The molecule has 23 aromatic rings. The van der Waals surface area contributed by atoms with E-state index in [0.717, 1.165) is 123 Å². The minimum atomic E-state index is -0.464. The molecule has 0 fully saturated rings. The highest BCUT2D eigenvalue weighted by molar-refractivity contribution is 6.27. The van der Waals surface area contributed by atoms with Crippen LogP contribution in [0.25, 0.3) is 219 Å². The van der Waals surface area contributed by atoms with Gasteiger partial charge in [0.1, 0.15) is 28.1 Å². The Labute approximate surface area is 716 Å². The van der Waals surface area contributed by atoms with Crippen LogP contribution in [-0.2, 0) is 6.42 Å². The van der Waals surface area contributed by atoms with Crippen molar-refractivity contribution in [2.24, 2.45) is 0 Å². The van der Waals surface area contributed by atoms with Crippen LogP contribution in [0.15, 0.2) is 409 Å². The molecule has 24 rings (SSSR count). The maximum Gasteiger partial charge on any atom is 0.167 e. The molecule has 0 unspecified atom stereocenters. The molecule has 0 amide bonds. The maximum absolute atomic E-state index is 15.6. The Morgan fingerprint density at radius 2 is 0.528 bits per heavy atom. The molecule has 16 aromatic carbocycles. The van der Waals surface area contributed by atoms with Crippen molar-refractivity contribution >= 4 is 65.7 Å². The summed E-state index contributed by atoms with van der Waals surface area (Å²) in [5.41, 5.74) is 21.4. The van der Waals surface area contributed by atoms with E-state index in [1.807, 2.05) is 267 Å². The van der Waals surface area contributed by atoms with E-state index in [1.54, 1.807) is 12.1 Å². The van der Waals surface area contributed by atoms with E-state index >= 15 is 4.39 Å². The Morgan fingerprint density at radius 3 is 0.960 bits per heavy atom.